The maximum absolute atomic E-state index is 11.0. The van der Waals surface area contributed by atoms with Gasteiger partial charge in [-0.1, -0.05) is 11.2 Å². The van der Waals surface area contributed by atoms with Gasteiger partial charge in [0.15, 0.2) is 0 Å². The molecule has 0 spiro atoms. The van der Waals surface area contributed by atoms with Gasteiger partial charge in [0.05, 0.1) is 11.7 Å². The second kappa shape index (κ2) is 5.38. The summed E-state index contributed by atoms with van der Waals surface area (Å²) in [5.41, 5.74) is 6.13. The highest BCUT2D eigenvalue weighted by atomic mass is 16.5. The van der Waals surface area contributed by atoms with Crippen LogP contribution in [0.4, 0.5) is 0 Å². The van der Waals surface area contributed by atoms with Crippen LogP contribution in [0.5, 0.6) is 0 Å². The Morgan fingerprint density at radius 1 is 1.50 bits per heavy atom. The molecule has 1 saturated heterocycles. The Balaban J connectivity index is 1.76. The molecule has 3 heterocycles. The molecule has 1 aliphatic rings. The first-order valence-electron chi connectivity index (χ1n) is 6.51. The lowest BCUT2D eigenvalue weighted by Crippen LogP contribution is -2.23. The first kappa shape index (κ1) is 12.7. The van der Waals surface area contributed by atoms with E-state index in [2.05, 4.69) is 20.0 Å². The summed E-state index contributed by atoms with van der Waals surface area (Å²) < 4.78 is 5.15. The second-order valence-corrected chi connectivity index (χ2v) is 4.77. The van der Waals surface area contributed by atoms with E-state index in [0.717, 1.165) is 31.6 Å². The first-order chi connectivity index (χ1) is 9.74. The summed E-state index contributed by atoms with van der Waals surface area (Å²) in [6.45, 7) is 1.66. The molecular weight excluding hydrogens is 258 g/mol. The molecule has 1 aliphatic heterocycles. The number of nitrogens with zero attached hydrogens (tertiary/aromatic N) is 4. The van der Waals surface area contributed by atoms with Crippen molar-refractivity contribution >= 4 is 5.91 Å². The van der Waals surface area contributed by atoms with Crippen LogP contribution in [0.25, 0.3) is 0 Å². The zero-order valence-electron chi connectivity index (χ0n) is 10.9. The number of carbonyl (C=O) groups excluding carboxylic acids is 1. The van der Waals surface area contributed by atoms with Gasteiger partial charge in [-0.3, -0.25) is 14.7 Å². The van der Waals surface area contributed by atoms with Crippen molar-refractivity contribution in [3.8, 4) is 0 Å². The zero-order valence-corrected chi connectivity index (χ0v) is 10.9. The zero-order chi connectivity index (χ0) is 13.9. The minimum Gasteiger partial charge on any atom is -0.363 e. The van der Waals surface area contributed by atoms with Crippen LogP contribution in [0.15, 0.2) is 28.9 Å². The Morgan fingerprint density at radius 3 is 3.10 bits per heavy atom. The molecule has 0 unspecified atom stereocenters. The Bertz CT molecular complexity index is 598. The second-order valence-electron chi connectivity index (χ2n) is 4.77. The minimum absolute atomic E-state index is 0.0256. The maximum Gasteiger partial charge on any atom is 0.290 e. The lowest BCUT2D eigenvalue weighted by molar-refractivity contribution is 0.0987. The van der Waals surface area contributed by atoms with Crippen molar-refractivity contribution in [1.29, 1.82) is 0 Å². The Hall–Kier alpha value is -2.28. The molecule has 104 valence electrons. The highest BCUT2D eigenvalue weighted by molar-refractivity contribution is 5.88. The quantitative estimate of drug-likeness (QED) is 0.888. The molecule has 2 aromatic rings. The van der Waals surface area contributed by atoms with Gasteiger partial charge in [0, 0.05) is 12.7 Å². The van der Waals surface area contributed by atoms with Gasteiger partial charge in [-0.05, 0) is 31.5 Å². The predicted molar refractivity (Wildman–Crippen MR) is 69.4 cm³/mol. The summed E-state index contributed by atoms with van der Waals surface area (Å²) >= 11 is 0. The number of pyridine rings is 1. The van der Waals surface area contributed by atoms with E-state index in [-0.39, 0.29) is 11.9 Å². The highest BCUT2D eigenvalue weighted by Crippen LogP contribution is 2.31. The molecular formula is C13H15N5O2. The fourth-order valence-corrected chi connectivity index (χ4v) is 2.47. The van der Waals surface area contributed by atoms with Crippen molar-refractivity contribution in [1.82, 2.24) is 20.0 Å². The normalized spacial score (nSPS) is 19.3. The molecule has 0 aromatic carbocycles. The number of aromatic nitrogens is 3. The molecule has 2 N–H and O–H groups in total. The van der Waals surface area contributed by atoms with Crippen LogP contribution in [0.2, 0.25) is 0 Å². The van der Waals surface area contributed by atoms with Gasteiger partial charge < -0.3 is 10.3 Å². The molecule has 1 atom stereocenters. The molecule has 0 saturated carbocycles. The molecule has 7 nitrogen and oxygen atoms in total. The lowest BCUT2D eigenvalue weighted by Gasteiger charge is -2.20. The van der Waals surface area contributed by atoms with Gasteiger partial charge in [0.25, 0.3) is 11.7 Å². The van der Waals surface area contributed by atoms with Crippen molar-refractivity contribution in [2.24, 2.45) is 5.73 Å². The number of amides is 1. The van der Waals surface area contributed by atoms with Crippen LogP contribution in [0, 0.1) is 0 Å². The van der Waals surface area contributed by atoms with Gasteiger partial charge in [-0.25, -0.2) is 0 Å². The van der Waals surface area contributed by atoms with Gasteiger partial charge >= 0.3 is 0 Å². The Kier molecular flexibility index (Phi) is 3.42. The summed E-state index contributed by atoms with van der Waals surface area (Å²) in [7, 11) is 0. The van der Waals surface area contributed by atoms with E-state index in [9.17, 15) is 4.79 Å². The van der Waals surface area contributed by atoms with Crippen molar-refractivity contribution in [3.05, 3.63) is 41.8 Å². The number of likely N-dealkylation sites (tertiary alicyclic amines) is 1. The van der Waals surface area contributed by atoms with Crippen LogP contribution in [-0.2, 0) is 6.54 Å². The van der Waals surface area contributed by atoms with E-state index in [1.54, 1.807) is 6.20 Å². The van der Waals surface area contributed by atoms with Gasteiger partial charge in [-0.2, -0.15) is 4.98 Å². The fraction of sp³-hybridized carbons (Fsp3) is 0.385. The minimum atomic E-state index is -0.672. The summed E-state index contributed by atoms with van der Waals surface area (Å²) in [6.07, 6.45) is 3.75. The fourth-order valence-electron chi connectivity index (χ4n) is 2.47. The third kappa shape index (κ3) is 2.53. The molecule has 1 fully saturated rings. The lowest BCUT2D eigenvalue weighted by atomic mass is 10.2. The number of hydrogen-bond acceptors (Lipinski definition) is 6. The van der Waals surface area contributed by atoms with Crippen LogP contribution >= 0.6 is 0 Å². The van der Waals surface area contributed by atoms with Gasteiger partial charge in [-0.15, -0.1) is 0 Å². The average molecular weight is 273 g/mol. The monoisotopic (exact) mass is 273 g/mol. The summed E-state index contributed by atoms with van der Waals surface area (Å²) in [5, 5.41) is 3.60. The number of nitrogens with two attached hydrogens (primary N) is 1. The van der Waals surface area contributed by atoms with Crippen molar-refractivity contribution in [2.75, 3.05) is 6.54 Å². The van der Waals surface area contributed by atoms with E-state index in [1.165, 1.54) is 0 Å². The third-order valence-corrected chi connectivity index (χ3v) is 3.40. The standard InChI is InChI=1S/C13H15N5O2/c14-11(19)12-16-13(20-17-12)10-5-3-7-18(10)8-9-4-1-2-6-15-9/h1-2,4,6,10H,3,5,7-8H2,(H2,14,19)/t10-/m0/s1. The summed E-state index contributed by atoms with van der Waals surface area (Å²) in [5.74, 6) is -0.286. The predicted octanol–water partition coefficient (Wildman–Crippen LogP) is 0.901. The first-order valence-corrected chi connectivity index (χ1v) is 6.51. The van der Waals surface area contributed by atoms with Crippen molar-refractivity contribution < 1.29 is 9.32 Å². The van der Waals surface area contributed by atoms with E-state index < -0.39 is 5.91 Å². The molecule has 1 amide bonds. The van der Waals surface area contributed by atoms with E-state index in [4.69, 9.17) is 10.3 Å². The molecule has 3 rings (SSSR count). The van der Waals surface area contributed by atoms with Crippen LogP contribution in [0.1, 0.15) is 41.1 Å². The van der Waals surface area contributed by atoms with E-state index in [1.807, 2.05) is 18.2 Å². The van der Waals surface area contributed by atoms with E-state index >= 15 is 0 Å². The smallest absolute Gasteiger partial charge is 0.290 e. The average Bonchev–Trinajstić information content (AvgIpc) is 3.08. The molecule has 7 heteroatoms. The van der Waals surface area contributed by atoms with Crippen LogP contribution in [0.3, 0.4) is 0 Å². The third-order valence-electron chi connectivity index (χ3n) is 3.40. The number of carbonyl (C=O) groups is 1. The van der Waals surface area contributed by atoms with E-state index in [0.29, 0.717) is 5.89 Å². The molecule has 2 aromatic heterocycles. The SMILES string of the molecule is NC(=O)c1noc([C@@H]2CCCN2Cc2ccccn2)n1. The van der Waals surface area contributed by atoms with Crippen LogP contribution < -0.4 is 5.73 Å². The van der Waals surface area contributed by atoms with Crippen molar-refractivity contribution in [3.63, 3.8) is 0 Å². The Labute approximate surface area is 115 Å². The molecule has 0 radical (unpaired) electrons. The number of hydrogen-bond donors (Lipinski definition) is 1. The molecule has 0 aliphatic carbocycles. The molecule has 20 heavy (non-hydrogen) atoms. The summed E-state index contributed by atoms with van der Waals surface area (Å²) in [6, 6.07) is 5.86. The number of rotatable bonds is 4. The van der Waals surface area contributed by atoms with Crippen LogP contribution in [-0.4, -0.2) is 32.5 Å². The number of primary amides is 1. The summed E-state index contributed by atoms with van der Waals surface area (Å²) in [4.78, 5) is 21.6. The molecule has 0 bridgehead atoms. The largest absolute Gasteiger partial charge is 0.363 e. The highest BCUT2D eigenvalue weighted by Gasteiger charge is 2.31. The topological polar surface area (TPSA) is 98.1 Å². The Morgan fingerprint density at radius 2 is 2.40 bits per heavy atom. The van der Waals surface area contributed by atoms with Gasteiger partial charge in [0.2, 0.25) is 5.89 Å². The maximum atomic E-state index is 11.0. The van der Waals surface area contributed by atoms with Gasteiger partial charge in [0.1, 0.15) is 0 Å². The van der Waals surface area contributed by atoms with Crippen molar-refractivity contribution in [2.45, 2.75) is 25.4 Å².